The molecule has 0 spiro atoms. The van der Waals surface area contributed by atoms with E-state index in [0.717, 1.165) is 0 Å². The van der Waals surface area contributed by atoms with E-state index in [1.54, 1.807) is 31.8 Å². The lowest BCUT2D eigenvalue weighted by molar-refractivity contribution is 0.0390. The maximum atomic E-state index is 11.8. The molecule has 1 heterocycles. The van der Waals surface area contributed by atoms with Gasteiger partial charge in [-0.2, -0.15) is 5.10 Å². The number of nitrogens with zero attached hydrogens (tertiary/aromatic N) is 2. The van der Waals surface area contributed by atoms with Gasteiger partial charge in [-0.25, -0.2) is 0 Å². The Morgan fingerprint density at radius 1 is 1.71 bits per heavy atom. The van der Waals surface area contributed by atoms with Crippen LogP contribution < -0.4 is 0 Å². The van der Waals surface area contributed by atoms with Crippen LogP contribution in [0, 0.1) is 6.92 Å². The van der Waals surface area contributed by atoms with Gasteiger partial charge in [-0.3, -0.25) is 9.48 Å². The lowest BCUT2D eigenvalue weighted by Crippen LogP contribution is -2.34. The summed E-state index contributed by atoms with van der Waals surface area (Å²) in [7, 11) is 1.75. The smallest absolute Gasteiger partial charge is 0.197 e. The molecule has 1 aromatic rings. The van der Waals surface area contributed by atoms with Gasteiger partial charge >= 0.3 is 0 Å². The van der Waals surface area contributed by atoms with Gasteiger partial charge < -0.3 is 5.11 Å². The van der Waals surface area contributed by atoms with Gasteiger partial charge in [-0.1, -0.05) is 6.92 Å². The molecule has 1 N–H and O–H groups in total. The zero-order valence-corrected chi connectivity index (χ0v) is 9.03. The third-order valence-electron chi connectivity index (χ3n) is 2.44. The number of rotatable bonds is 3. The molecular formula is C10H16N2O2. The Hall–Kier alpha value is -1.16. The van der Waals surface area contributed by atoms with Crippen LogP contribution in [-0.4, -0.2) is 26.3 Å². The molecule has 0 bridgehead atoms. The van der Waals surface area contributed by atoms with Crippen molar-refractivity contribution in [2.24, 2.45) is 7.05 Å². The lowest BCUT2D eigenvalue weighted by Gasteiger charge is -2.18. The predicted molar refractivity (Wildman–Crippen MR) is 53.2 cm³/mol. The van der Waals surface area contributed by atoms with Gasteiger partial charge in [0.05, 0.1) is 11.3 Å². The van der Waals surface area contributed by atoms with E-state index in [1.807, 2.05) is 0 Å². The minimum Gasteiger partial charge on any atom is -0.382 e. The van der Waals surface area contributed by atoms with Gasteiger partial charge in [0.1, 0.15) is 5.60 Å². The van der Waals surface area contributed by atoms with Crippen LogP contribution in [0.1, 0.15) is 36.3 Å². The first-order chi connectivity index (χ1) is 6.38. The monoisotopic (exact) mass is 196 g/mol. The van der Waals surface area contributed by atoms with E-state index in [-0.39, 0.29) is 5.78 Å². The summed E-state index contributed by atoms with van der Waals surface area (Å²) in [6, 6.07) is 0. The van der Waals surface area contributed by atoms with E-state index < -0.39 is 5.60 Å². The average molecular weight is 196 g/mol. The standard InChI is InChI=1S/C10H16N2O2/c1-5-10(3,14)9(13)8-6-12(4)11-7(8)2/h6,14H,5H2,1-4H3. The van der Waals surface area contributed by atoms with Gasteiger partial charge in [0.25, 0.3) is 0 Å². The summed E-state index contributed by atoms with van der Waals surface area (Å²) >= 11 is 0. The quantitative estimate of drug-likeness (QED) is 0.736. The fourth-order valence-corrected chi connectivity index (χ4v) is 1.27. The van der Waals surface area contributed by atoms with E-state index in [9.17, 15) is 9.90 Å². The van der Waals surface area contributed by atoms with Gasteiger partial charge in [-0.15, -0.1) is 0 Å². The van der Waals surface area contributed by atoms with Crippen LogP contribution in [0.4, 0.5) is 0 Å². The number of ketones is 1. The second-order valence-corrected chi connectivity index (χ2v) is 3.76. The van der Waals surface area contributed by atoms with Crippen LogP contribution in [0.15, 0.2) is 6.20 Å². The van der Waals surface area contributed by atoms with E-state index in [2.05, 4.69) is 5.10 Å². The molecule has 0 radical (unpaired) electrons. The Morgan fingerprint density at radius 2 is 2.29 bits per heavy atom. The second kappa shape index (κ2) is 3.53. The number of Topliss-reactive ketones (excluding diaryl/α,β-unsaturated/α-hetero) is 1. The Balaban J connectivity index is 3.06. The summed E-state index contributed by atoms with van der Waals surface area (Å²) in [5, 5.41) is 13.9. The number of aryl methyl sites for hydroxylation is 2. The Morgan fingerprint density at radius 3 is 2.64 bits per heavy atom. The SMILES string of the molecule is CCC(C)(O)C(=O)c1cn(C)nc1C. The van der Waals surface area contributed by atoms with Gasteiger partial charge in [0, 0.05) is 13.2 Å². The molecule has 1 aromatic heterocycles. The summed E-state index contributed by atoms with van der Waals surface area (Å²) in [5.41, 5.74) is -0.126. The summed E-state index contributed by atoms with van der Waals surface area (Å²) in [5.74, 6) is -0.259. The molecule has 0 aliphatic carbocycles. The largest absolute Gasteiger partial charge is 0.382 e. The minimum absolute atomic E-state index is 0.259. The zero-order valence-electron chi connectivity index (χ0n) is 9.03. The molecule has 0 amide bonds. The number of carbonyl (C=O) groups is 1. The van der Waals surface area contributed by atoms with Crippen molar-refractivity contribution in [2.75, 3.05) is 0 Å². The van der Waals surface area contributed by atoms with E-state index in [1.165, 1.54) is 6.92 Å². The number of aliphatic hydroxyl groups is 1. The number of hydrogen-bond acceptors (Lipinski definition) is 3. The maximum absolute atomic E-state index is 11.8. The van der Waals surface area contributed by atoms with Gasteiger partial charge in [0.15, 0.2) is 5.78 Å². The molecule has 4 nitrogen and oxygen atoms in total. The molecule has 0 saturated carbocycles. The van der Waals surface area contributed by atoms with Gasteiger partial charge in [0.2, 0.25) is 0 Å². The third-order valence-corrected chi connectivity index (χ3v) is 2.44. The summed E-state index contributed by atoms with van der Waals surface area (Å²) < 4.78 is 1.58. The topological polar surface area (TPSA) is 55.1 Å². The van der Waals surface area contributed by atoms with Crippen molar-refractivity contribution in [3.8, 4) is 0 Å². The van der Waals surface area contributed by atoms with Crippen LogP contribution in [0.3, 0.4) is 0 Å². The summed E-state index contributed by atoms with van der Waals surface area (Å²) in [4.78, 5) is 11.8. The lowest BCUT2D eigenvalue weighted by atomic mass is 9.93. The second-order valence-electron chi connectivity index (χ2n) is 3.76. The van der Waals surface area contributed by atoms with Crippen LogP contribution in [0.25, 0.3) is 0 Å². The maximum Gasteiger partial charge on any atom is 0.197 e. The highest BCUT2D eigenvalue weighted by Crippen LogP contribution is 2.18. The number of carbonyl (C=O) groups excluding carboxylic acids is 1. The predicted octanol–water partition coefficient (Wildman–Crippen LogP) is 1.07. The molecule has 4 heteroatoms. The molecule has 0 aliphatic heterocycles. The summed E-state index contributed by atoms with van der Waals surface area (Å²) in [6.45, 7) is 5.07. The fourth-order valence-electron chi connectivity index (χ4n) is 1.27. The highest BCUT2D eigenvalue weighted by atomic mass is 16.3. The minimum atomic E-state index is -1.28. The summed E-state index contributed by atoms with van der Waals surface area (Å²) in [6.07, 6.45) is 2.04. The van der Waals surface area contributed by atoms with Crippen LogP contribution >= 0.6 is 0 Å². The first kappa shape index (κ1) is 10.9. The van der Waals surface area contributed by atoms with Crippen LogP contribution in [0.2, 0.25) is 0 Å². The molecule has 0 aliphatic rings. The molecule has 0 fully saturated rings. The molecule has 78 valence electrons. The van der Waals surface area contributed by atoms with Crippen molar-refractivity contribution in [2.45, 2.75) is 32.8 Å². The molecule has 0 aromatic carbocycles. The van der Waals surface area contributed by atoms with E-state index in [0.29, 0.717) is 17.7 Å². The highest BCUT2D eigenvalue weighted by Gasteiger charge is 2.31. The van der Waals surface area contributed by atoms with E-state index >= 15 is 0 Å². The molecule has 1 rings (SSSR count). The van der Waals surface area contributed by atoms with Crippen molar-refractivity contribution in [1.29, 1.82) is 0 Å². The number of hydrogen-bond donors (Lipinski definition) is 1. The molecule has 0 saturated heterocycles. The molecule has 1 unspecified atom stereocenters. The Kier molecular flexibility index (Phi) is 2.76. The van der Waals surface area contributed by atoms with Gasteiger partial charge in [-0.05, 0) is 20.3 Å². The van der Waals surface area contributed by atoms with Crippen LogP contribution in [-0.2, 0) is 7.05 Å². The van der Waals surface area contributed by atoms with E-state index in [4.69, 9.17) is 0 Å². The van der Waals surface area contributed by atoms with Crippen molar-refractivity contribution >= 4 is 5.78 Å². The Labute approximate surface area is 83.5 Å². The normalized spacial score (nSPS) is 15.2. The third kappa shape index (κ3) is 1.85. The average Bonchev–Trinajstić information content (AvgIpc) is 2.44. The van der Waals surface area contributed by atoms with Crippen molar-refractivity contribution in [3.05, 3.63) is 17.5 Å². The van der Waals surface area contributed by atoms with Crippen molar-refractivity contribution in [1.82, 2.24) is 9.78 Å². The van der Waals surface area contributed by atoms with Crippen molar-refractivity contribution in [3.63, 3.8) is 0 Å². The number of aromatic nitrogens is 2. The Bertz CT molecular complexity index is 353. The van der Waals surface area contributed by atoms with Crippen molar-refractivity contribution < 1.29 is 9.90 Å². The van der Waals surface area contributed by atoms with Crippen LogP contribution in [0.5, 0.6) is 0 Å². The zero-order chi connectivity index (χ0) is 10.9. The molecule has 1 atom stereocenters. The first-order valence-corrected chi connectivity index (χ1v) is 4.66. The molecule has 14 heavy (non-hydrogen) atoms. The highest BCUT2D eigenvalue weighted by molar-refractivity contribution is 6.02. The first-order valence-electron chi connectivity index (χ1n) is 4.66. The fraction of sp³-hybridized carbons (Fsp3) is 0.600. The molecular weight excluding hydrogens is 180 g/mol.